The summed E-state index contributed by atoms with van der Waals surface area (Å²) in [6, 6.07) is 5.21. The highest BCUT2D eigenvalue weighted by Crippen LogP contribution is 2.45. The van der Waals surface area contributed by atoms with E-state index in [1.165, 1.54) is 6.07 Å². The van der Waals surface area contributed by atoms with Crippen molar-refractivity contribution >= 4 is 0 Å². The fourth-order valence-electron chi connectivity index (χ4n) is 2.15. The van der Waals surface area contributed by atoms with Gasteiger partial charge >= 0.3 is 0 Å². The fourth-order valence-corrected chi connectivity index (χ4v) is 2.15. The molecule has 1 aromatic rings. The predicted octanol–water partition coefficient (Wildman–Crippen LogP) is 3.54. The summed E-state index contributed by atoms with van der Waals surface area (Å²) in [6.45, 7) is 5.99. The summed E-state index contributed by atoms with van der Waals surface area (Å²) in [4.78, 5) is 0. The van der Waals surface area contributed by atoms with E-state index < -0.39 is 0 Å². The summed E-state index contributed by atoms with van der Waals surface area (Å²) in [5, 5.41) is 0. The third-order valence-electron chi connectivity index (χ3n) is 2.83. The van der Waals surface area contributed by atoms with Crippen molar-refractivity contribution in [1.29, 1.82) is 0 Å². The van der Waals surface area contributed by atoms with Crippen LogP contribution in [0, 0.1) is 5.82 Å². The highest BCUT2D eigenvalue weighted by molar-refractivity contribution is 5.38. The van der Waals surface area contributed by atoms with E-state index in [4.69, 9.17) is 4.74 Å². The smallest absolute Gasteiger partial charge is 0.129 e. The topological polar surface area (TPSA) is 9.23 Å². The van der Waals surface area contributed by atoms with Gasteiger partial charge in [-0.15, -0.1) is 0 Å². The van der Waals surface area contributed by atoms with Gasteiger partial charge in [-0.3, -0.25) is 0 Å². The van der Waals surface area contributed by atoms with Crippen LogP contribution in [0.1, 0.15) is 44.4 Å². The standard InChI is InChI=1S/C12H15FO/c1-4-10-11-8(12(2,3)14-10)6-5-7-9(11)13/h5-7,10H,4H2,1-3H3. The van der Waals surface area contributed by atoms with Crippen LogP contribution in [0.4, 0.5) is 4.39 Å². The molecule has 76 valence electrons. The van der Waals surface area contributed by atoms with Gasteiger partial charge in [0.2, 0.25) is 0 Å². The number of hydrogen-bond donors (Lipinski definition) is 0. The molecule has 1 aromatic carbocycles. The molecule has 14 heavy (non-hydrogen) atoms. The molecule has 0 aliphatic carbocycles. The maximum atomic E-state index is 13.6. The van der Waals surface area contributed by atoms with Gasteiger partial charge in [0, 0.05) is 5.56 Å². The van der Waals surface area contributed by atoms with Crippen LogP contribution < -0.4 is 0 Å². The molecule has 0 saturated carbocycles. The summed E-state index contributed by atoms with van der Waals surface area (Å²) >= 11 is 0. The van der Waals surface area contributed by atoms with Gasteiger partial charge in [0.05, 0.1) is 11.7 Å². The van der Waals surface area contributed by atoms with E-state index in [9.17, 15) is 4.39 Å². The average molecular weight is 194 g/mol. The van der Waals surface area contributed by atoms with Gasteiger partial charge in [0.25, 0.3) is 0 Å². The zero-order chi connectivity index (χ0) is 10.3. The SMILES string of the molecule is CCC1OC(C)(C)c2cccc(F)c21. The Balaban J connectivity index is 2.59. The normalized spacial score (nSPS) is 23.6. The average Bonchev–Trinajstić information content (AvgIpc) is 2.40. The minimum atomic E-state index is -0.349. The molecule has 1 aliphatic rings. The Kier molecular flexibility index (Phi) is 2.11. The van der Waals surface area contributed by atoms with E-state index in [1.54, 1.807) is 6.07 Å². The number of ether oxygens (including phenoxy) is 1. The first-order valence-corrected chi connectivity index (χ1v) is 5.03. The summed E-state index contributed by atoms with van der Waals surface area (Å²) in [7, 11) is 0. The van der Waals surface area contributed by atoms with Crippen molar-refractivity contribution in [3.05, 3.63) is 35.1 Å². The van der Waals surface area contributed by atoms with Crippen LogP contribution in [-0.4, -0.2) is 0 Å². The largest absolute Gasteiger partial charge is 0.363 e. The van der Waals surface area contributed by atoms with Crippen LogP contribution in [0.25, 0.3) is 0 Å². The Hall–Kier alpha value is -0.890. The molecular formula is C12H15FO. The monoisotopic (exact) mass is 194 g/mol. The summed E-state index contributed by atoms with van der Waals surface area (Å²) in [5.41, 5.74) is 1.39. The van der Waals surface area contributed by atoms with E-state index in [1.807, 2.05) is 26.8 Å². The minimum absolute atomic E-state index is 0.0822. The predicted molar refractivity (Wildman–Crippen MR) is 53.5 cm³/mol. The quantitative estimate of drug-likeness (QED) is 0.664. The lowest BCUT2D eigenvalue weighted by molar-refractivity contribution is -0.0538. The van der Waals surface area contributed by atoms with Crippen molar-refractivity contribution in [2.24, 2.45) is 0 Å². The van der Waals surface area contributed by atoms with E-state index in [0.29, 0.717) is 0 Å². The van der Waals surface area contributed by atoms with Gasteiger partial charge in [-0.1, -0.05) is 19.1 Å². The third-order valence-corrected chi connectivity index (χ3v) is 2.83. The van der Waals surface area contributed by atoms with Crippen LogP contribution in [-0.2, 0) is 10.3 Å². The molecule has 1 unspecified atom stereocenters. The van der Waals surface area contributed by atoms with Gasteiger partial charge in [-0.05, 0) is 31.9 Å². The molecule has 2 heteroatoms. The maximum Gasteiger partial charge on any atom is 0.129 e. The van der Waals surface area contributed by atoms with E-state index >= 15 is 0 Å². The molecule has 0 fully saturated rings. The van der Waals surface area contributed by atoms with Gasteiger partial charge in [-0.25, -0.2) is 4.39 Å². The molecule has 2 rings (SSSR count). The van der Waals surface area contributed by atoms with Crippen molar-refractivity contribution in [3.63, 3.8) is 0 Å². The number of rotatable bonds is 1. The first kappa shape index (κ1) is 9.66. The van der Waals surface area contributed by atoms with Crippen molar-refractivity contribution < 1.29 is 9.13 Å². The Bertz CT molecular complexity index is 357. The highest BCUT2D eigenvalue weighted by atomic mass is 19.1. The molecule has 0 radical (unpaired) electrons. The molecule has 1 aliphatic heterocycles. The van der Waals surface area contributed by atoms with Crippen molar-refractivity contribution in [2.45, 2.75) is 38.9 Å². The first-order valence-electron chi connectivity index (χ1n) is 5.03. The Morgan fingerprint density at radius 3 is 2.79 bits per heavy atom. The minimum Gasteiger partial charge on any atom is -0.363 e. The fraction of sp³-hybridized carbons (Fsp3) is 0.500. The van der Waals surface area contributed by atoms with E-state index in [2.05, 4.69) is 0 Å². The molecule has 0 saturated heterocycles. The number of halogens is 1. The van der Waals surface area contributed by atoms with E-state index in [0.717, 1.165) is 17.5 Å². The first-order chi connectivity index (χ1) is 6.56. The highest BCUT2D eigenvalue weighted by Gasteiger charge is 2.38. The molecule has 0 aromatic heterocycles. The van der Waals surface area contributed by atoms with Crippen LogP contribution in [0.15, 0.2) is 18.2 Å². The molecule has 1 atom stereocenters. The molecule has 0 spiro atoms. The van der Waals surface area contributed by atoms with Gasteiger partial charge < -0.3 is 4.74 Å². The zero-order valence-corrected chi connectivity index (χ0v) is 8.80. The molecule has 1 nitrogen and oxygen atoms in total. The van der Waals surface area contributed by atoms with Crippen molar-refractivity contribution in [2.75, 3.05) is 0 Å². The molecule has 0 N–H and O–H groups in total. The summed E-state index contributed by atoms with van der Waals surface area (Å²) in [6.07, 6.45) is 0.735. The molecular weight excluding hydrogens is 179 g/mol. The van der Waals surface area contributed by atoms with Gasteiger partial charge in [-0.2, -0.15) is 0 Å². The third kappa shape index (κ3) is 1.25. The second-order valence-electron chi connectivity index (χ2n) is 4.23. The lowest BCUT2D eigenvalue weighted by Crippen LogP contribution is -2.15. The Morgan fingerprint density at radius 1 is 1.43 bits per heavy atom. The molecule has 0 bridgehead atoms. The second kappa shape index (κ2) is 3.06. The van der Waals surface area contributed by atoms with Crippen LogP contribution >= 0.6 is 0 Å². The second-order valence-corrected chi connectivity index (χ2v) is 4.23. The van der Waals surface area contributed by atoms with Crippen LogP contribution in [0.5, 0.6) is 0 Å². The summed E-state index contributed by atoms with van der Waals surface area (Å²) < 4.78 is 19.4. The molecule has 0 amide bonds. The maximum absolute atomic E-state index is 13.6. The lowest BCUT2D eigenvalue weighted by Gasteiger charge is -2.19. The zero-order valence-electron chi connectivity index (χ0n) is 8.80. The van der Waals surface area contributed by atoms with Gasteiger partial charge in [0.1, 0.15) is 5.82 Å². The van der Waals surface area contributed by atoms with E-state index in [-0.39, 0.29) is 17.5 Å². The van der Waals surface area contributed by atoms with Crippen LogP contribution in [0.2, 0.25) is 0 Å². The van der Waals surface area contributed by atoms with Crippen molar-refractivity contribution in [3.8, 4) is 0 Å². The van der Waals surface area contributed by atoms with Gasteiger partial charge in [0.15, 0.2) is 0 Å². The van der Waals surface area contributed by atoms with Crippen LogP contribution in [0.3, 0.4) is 0 Å². The Labute approximate surface area is 83.9 Å². The number of benzene rings is 1. The lowest BCUT2D eigenvalue weighted by atomic mass is 9.94. The number of fused-ring (bicyclic) bond motifs is 1. The molecule has 1 heterocycles. The Morgan fingerprint density at radius 2 is 2.14 bits per heavy atom. The summed E-state index contributed by atoms with van der Waals surface area (Å²) in [5.74, 6) is -0.139. The van der Waals surface area contributed by atoms with Crippen molar-refractivity contribution in [1.82, 2.24) is 0 Å². The number of hydrogen-bond acceptors (Lipinski definition) is 1.